The topological polar surface area (TPSA) is 68.5 Å². The monoisotopic (exact) mass is 387 g/mol. The van der Waals surface area contributed by atoms with Gasteiger partial charge in [-0.15, -0.1) is 0 Å². The summed E-state index contributed by atoms with van der Waals surface area (Å²) in [5.41, 5.74) is -1.65. The van der Waals surface area contributed by atoms with Crippen LogP contribution in [0.2, 0.25) is 5.02 Å². The number of ether oxygens (including phenoxy) is 1. The number of benzene rings is 1. The minimum absolute atomic E-state index is 0.0963. The SMILES string of the molecule is O=C(COC(=O)[C@@H]1C[C@H]1c1ccco1)Nc1c(Cl)cccc1C(F)(F)F. The molecular weight excluding hydrogens is 375 g/mol. The predicted molar refractivity (Wildman–Crippen MR) is 85.6 cm³/mol. The standard InChI is InChI=1S/C17H13ClF3NO4/c18-12-4-1-3-11(17(19,20)21)15(12)22-14(23)8-26-16(24)10-7-9(10)13-5-2-6-25-13/h1-6,9-10H,7-8H2,(H,22,23)/t9-,10-/m1/s1. The Hall–Kier alpha value is -2.48. The first-order chi connectivity index (χ1) is 12.3. The molecule has 1 fully saturated rings. The molecule has 1 N–H and O–H groups in total. The summed E-state index contributed by atoms with van der Waals surface area (Å²) in [5, 5.41) is 1.79. The van der Waals surface area contributed by atoms with Crippen molar-refractivity contribution in [2.45, 2.75) is 18.5 Å². The second-order valence-corrected chi connectivity index (χ2v) is 6.19. The molecule has 26 heavy (non-hydrogen) atoms. The zero-order valence-corrected chi connectivity index (χ0v) is 13.9. The number of hydrogen-bond acceptors (Lipinski definition) is 4. The summed E-state index contributed by atoms with van der Waals surface area (Å²) in [6.45, 7) is -0.706. The molecule has 1 aromatic carbocycles. The normalized spacial score (nSPS) is 19.1. The van der Waals surface area contributed by atoms with Gasteiger partial charge in [-0.1, -0.05) is 17.7 Å². The van der Waals surface area contributed by atoms with Gasteiger partial charge in [0.25, 0.3) is 5.91 Å². The molecule has 0 saturated heterocycles. The van der Waals surface area contributed by atoms with E-state index in [1.54, 1.807) is 12.1 Å². The van der Waals surface area contributed by atoms with Crippen molar-refractivity contribution in [2.75, 3.05) is 11.9 Å². The molecule has 1 aromatic heterocycles. The molecule has 1 heterocycles. The van der Waals surface area contributed by atoms with Gasteiger partial charge in [-0.2, -0.15) is 13.2 Å². The summed E-state index contributed by atoms with van der Waals surface area (Å²) < 4.78 is 49.0. The van der Waals surface area contributed by atoms with Crippen LogP contribution in [0.25, 0.3) is 0 Å². The number of nitrogens with one attached hydrogen (secondary N) is 1. The zero-order chi connectivity index (χ0) is 18.9. The van der Waals surface area contributed by atoms with E-state index in [2.05, 4.69) is 5.32 Å². The fourth-order valence-electron chi connectivity index (χ4n) is 2.58. The quantitative estimate of drug-likeness (QED) is 0.779. The molecule has 0 bridgehead atoms. The van der Waals surface area contributed by atoms with Gasteiger partial charge in [0, 0.05) is 5.92 Å². The fraction of sp³-hybridized carbons (Fsp3) is 0.294. The predicted octanol–water partition coefficient (Wildman–Crippen LogP) is 4.24. The average Bonchev–Trinajstić information content (AvgIpc) is 3.19. The number of carbonyl (C=O) groups excluding carboxylic acids is 2. The van der Waals surface area contributed by atoms with E-state index in [4.69, 9.17) is 20.8 Å². The summed E-state index contributed by atoms with van der Waals surface area (Å²) >= 11 is 5.75. The molecule has 138 valence electrons. The maximum atomic E-state index is 13.0. The van der Waals surface area contributed by atoms with Crippen LogP contribution >= 0.6 is 11.6 Å². The maximum absolute atomic E-state index is 13.0. The molecule has 1 aliphatic rings. The van der Waals surface area contributed by atoms with Crippen molar-refractivity contribution in [3.63, 3.8) is 0 Å². The zero-order valence-electron chi connectivity index (χ0n) is 13.2. The number of amides is 1. The van der Waals surface area contributed by atoms with Crippen molar-refractivity contribution < 1.29 is 31.9 Å². The molecule has 9 heteroatoms. The first-order valence-electron chi connectivity index (χ1n) is 7.63. The Balaban J connectivity index is 1.56. The summed E-state index contributed by atoms with van der Waals surface area (Å²) in [7, 11) is 0. The Kier molecular flexibility index (Phi) is 4.95. The maximum Gasteiger partial charge on any atom is 0.418 e. The summed E-state index contributed by atoms with van der Waals surface area (Å²) in [5.74, 6) is -1.37. The molecule has 2 atom stereocenters. The van der Waals surface area contributed by atoms with Crippen LogP contribution in [0, 0.1) is 5.92 Å². The largest absolute Gasteiger partial charge is 0.469 e. The highest BCUT2D eigenvalue weighted by Crippen LogP contribution is 2.48. The van der Waals surface area contributed by atoms with Crippen LogP contribution in [-0.4, -0.2) is 18.5 Å². The van der Waals surface area contributed by atoms with Crippen molar-refractivity contribution in [1.82, 2.24) is 0 Å². The Bertz CT molecular complexity index is 820. The van der Waals surface area contributed by atoms with Gasteiger partial charge in [-0.3, -0.25) is 9.59 Å². The van der Waals surface area contributed by atoms with E-state index in [1.165, 1.54) is 12.3 Å². The third-order valence-electron chi connectivity index (χ3n) is 3.93. The van der Waals surface area contributed by atoms with Crippen LogP contribution in [0.3, 0.4) is 0 Å². The summed E-state index contributed by atoms with van der Waals surface area (Å²) in [6.07, 6.45) is -2.66. The van der Waals surface area contributed by atoms with Crippen molar-refractivity contribution in [3.05, 3.63) is 52.9 Å². The lowest BCUT2D eigenvalue weighted by Crippen LogP contribution is -2.23. The highest BCUT2D eigenvalue weighted by molar-refractivity contribution is 6.34. The number of anilines is 1. The number of rotatable bonds is 5. The molecule has 1 amide bonds. The third kappa shape index (κ3) is 4.01. The van der Waals surface area contributed by atoms with Gasteiger partial charge in [0.2, 0.25) is 0 Å². The van der Waals surface area contributed by atoms with Crippen LogP contribution in [0.5, 0.6) is 0 Å². The van der Waals surface area contributed by atoms with E-state index < -0.39 is 41.8 Å². The number of furan rings is 1. The smallest absolute Gasteiger partial charge is 0.418 e. The van der Waals surface area contributed by atoms with Crippen LogP contribution in [0.4, 0.5) is 18.9 Å². The van der Waals surface area contributed by atoms with E-state index in [0.29, 0.717) is 12.2 Å². The Morgan fingerprint density at radius 1 is 1.27 bits per heavy atom. The van der Waals surface area contributed by atoms with Crippen LogP contribution < -0.4 is 5.32 Å². The lowest BCUT2D eigenvalue weighted by Gasteiger charge is -2.15. The molecule has 1 aliphatic carbocycles. The van der Waals surface area contributed by atoms with E-state index in [-0.39, 0.29) is 10.9 Å². The van der Waals surface area contributed by atoms with Gasteiger partial charge in [-0.05, 0) is 30.7 Å². The lowest BCUT2D eigenvalue weighted by molar-refractivity contribution is -0.148. The van der Waals surface area contributed by atoms with Gasteiger partial charge in [-0.25, -0.2) is 0 Å². The van der Waals surface area contributed by atoms with Crippen molar-refractivity contribution in [2.24, 2.45) is 5.92 Å². The molecule has 0 aliphatic heterocycles. The van der Waals surface area contributed by atoms with E-state index in [9.17, 15) is 22.8 Å². The first-order valence-corrected chi connectivity index (χ1v) is 8.00. The first kappa shape index (κ1) is 18.3. The van der Waals surface area contributed by atoms with Crippen LogP contribution in [-0.2, 0) is 20.5 Å². The number of para-hydroxylation sites is 1. The van der Waals surface area contributed by atoms with Gasteiger partial charge in [0.05, 0.1) is 28.5 Å². The summed E-state index contributed by atoms with van der Waals surface area (Å²) in [4.78, 5) is 23.8. The van der Waals surface area contributed by atoms with Gasteiger partial charge in [0.15, 0.2) is 6.61 Å². The molecule has 3 rings (SSSR count). The molecule has 2 aromatic rings. The van der Waals surface area contributed by atoms with E-state index in [0.717, 1.165) is 12.1 Å². The molecule has 5 nitrogen and oxygen atoms in total. The lowest BCUT2D eigenvalue weighted by atomic mass is 10.1. The second kappa shape index (κ2) is 7.03. The Morgan fingerprint density at radius 3 is 2.69 bits per heavy atom. The second-order valence-electron chi connectivity index (χ2n) is 5.78. The van der Waals surface area contributed by atoms with Crippen molar-refractivity contribution >= 4 is 29.2 Å². The number of hydrogen-bond donors (Lipinski definition) is 1. The number of esters is 1. The third-order valence-corrected chi connectivity index (χ3v) is 4.25. The van der Waals surface area contributed by atoms with Gasteiger partial charge in [0.1, 0.15) is 5.76 Å². The fourth-order valence-corrected chi connectivity index (χ4v) is 2.80. The van der Waals surface area contributed by atoms with E-state index in [1.807, 2.05) is 0 Å². The van der Waals surface area contributed by atoms with Crippen LogP contribution in [0.15, 0.2) is 41.0 Å². The summed E-state index contributed by atoms with van der Waals surface area (Å²) in [6, 6.07) is 6.58. The molecular formula is C17H13ClF3NO4. The van der Waals surface area contributed by atoms with Gasteiger partial charge < -0.3 is 14.5 Å². The molecule has 0 radical (unpaired) electrons. The number of carbonyl (C=O) groups is 2. The van der Waals surface area contributed by atoms with Crippen molar-refractivity contribution in [3.8, 4) is 0 Å². The molecule has 0 spiro atoms. The Labute approximate surface area is 151 Å². The minimum Gasteiger partial charge on any atom is -0.469 e. The highest BCUT2D eigenvalue weighted by atomic mass is 35.5. The molecule has 0 unspecified atom stereocenters. The molecule has 1 saturated carbocycles. The Morgan fingerprint density at radius 2 is 2.04 bits per heavy atom. The van der Waals surface area contributed by atoms with Crippen molar-refractivity contribution in [1.29, 1.82) is 0 Å². The van der Waals surface area contributed by atoms with Crippen LogP contribution in [0.1, 0.15) is 23.7 Å². The number of alkyl halides is 3. The average molecular weight is 388 g/mol. The van der Waals surface area contributed by atoms with E-state index >= 15 is 0 Å². The number of halogens is 4. The minimum atomic E-state index is -4.69. The van der Waals surface area contributed by atoms with Gasteiger partial charge >= 0.3 is 12.1 Å². The highest BCUT2D eigenvalue weighted by Gasteiger charge is 2.47.